The first-order valence-electron chi connectivity index (χ1n) is 7.31. The van der Waals surface area contributed by atoms with Gasteiger partial charge in [0.15, 0.2) is 12.0 Å². The molecule has 0 saturated carbocycles. The molecule has 0 saturated heterocycles. The normalized spacial score (nSPS) is 13.8. The van der Waals surface area contributed by atoms with Crippen LogP contribution in [0.15, 0.2) is 47.6 Å². The summed E-state index contributed by atoms with van der Waals surface area (Å²) >= 11 is 1.18. The maximum Gasteiger partial charge on any atom is 0.251 e. The Hall–Kier alpha value is -2.06. The van der Waals surface area contributed by atoms with Crippen LogP contribution in [-0.4, -0.2) is 32.8 Å². The molecule has 1 aromatic carbocycles. The van der Waals surface area contributed by atoms with Crippen LogP contribution in [0, 0.1) is 5.21 Å². The molecule has 126 valence electrons. The summed E-state index contributed by atoms with van der Waals surface area (Å²) in [6, 6.07) is 10.1. The number of hydrogen-bond acceptors (Lipinski definition) is 5. The van der Waals surface area contributed by atoms with Gasteiger partial charge >= 0.3 is 0 Å². The Balaban J connectivity index is 1.75. The van der Waals surface area contributed by atoms with E-state index in [-0.39, 0.29) is 11.5 Å². The molecule has 0 amide bonds. The lowest BCUT2D eigenvalue weighted by Crippen LogP contribution is -2.28. The van der Waals surface area contributed by atoms with E-state index in [2.05, 4.69) is 0 Å². The first kappa shape index (κ1) is 16.8. The molecule has 0 aliphatic carbocycles. The molecule has 8 heteroatoms. The molecule has 0 radical (unpaired) electrons. The molecule has 6 nitrogen and oxygen atoms in total. The predicted octanol–water partition coefficient (Wildman–Crippen LogP) is 1.62. The van der Waals surface area contributed by atoms with Crippen LogP contribution in [-0.2, 0) is 16.4 Å². The van der Waals surface area contributed by atoms with Crippen LogP contribution in [0.1, 0.15) is 15.9 Å². The van der Waals surface area contributed by atoms with Gasteiger partial charge in [-0.05, 0) is 48.0 Å². The average molecular weight is 364 g/mol. The number of Topliss-reactive ketones (excluding diaryl/α,β-unsaturated/α-hetero) is 1. The minimum atomic E-state index is -3.29. The first-order chi connectivity index (χ1) is 11.4. The van der Waals surface area contributed by atoms with Gasteiger partial charge in [0.05, 0.1) is 17.7 Å². The van der Waals surface area contributed by atoms with Crippen molar-refractivity contribution in [1.82, 2.24) is 0 Å². The molecule has 24 heavy (non-hydrogen) atoms. The summed E-state index contributed by atoms with van der Waals surface area (Å²) in [6.07, 6.45) is 3.16. The molecule has 3 rings (SSSR count). The maximum atomic E-state index is 12.3. The van der Waals surface area contributed by atoms with E-state index in [0.29, 0.717) is 29.2 Å². The summed E-state index contributed by atoms with van der Waals surface area (Å²) in [7, 11) is -3.29. The molecule has 0 fully saturated rings. The van der Waals surface area contributed by atoms with Gasteiger partial charge in [-0.1, -0.05) is 0 Å². The Morgan fingerprint density at radius 2 is 2.12 bits per heavy atom. The highest BCUT2D eigenvalue weighted by molar-refractivity contribution is 7.99. The molecule has 1 aliphatic heterocycles. The van der Waals surface area contributed by atoms with Gasteiger partial charge in [0.25, 0.3) is 5.03 Å². The summed E-state index contributed by atoms with van der Waals surface area (Å²) in [5.74, 6) is 0.0605. The smallest absolute Gasteiger partial charge is 0.251 e. The zero-order valence-corrected chi connectivity index (χ0v) is 14.6. The minimum absolute atomic E-state index is 0.0931. The second kappa shape index (κ2) is 6.45. The number of aromatic nitrogens is 1. The van der Waals surface area contributed by atoms with Crippen LogP contribution in [0.4, 0.5) is 5.69 Å². The van der Waals surface area contributed by atoms with E-state index in [1.165, 1.54) is 28.5 Å². The van der Waals surface area contributed by atoms with Crippen LogP contribution < -0.4 is 9.04 Å². The van der Waals surface area contributed by atoms with Crippen molar-refractivity contribution in [3.63, 3.8) is 0 Å². The van der Waals surface area contributed by atoms with Gasteiger partial charge in [-0.2, -0.15) is 4.73 Å². The third kappa shape index (κ3) is 3.39. The molecule has 0 unspecified atom stereocenters. The number of thioether (sulfide) groups is 1. The summed E-state index contributed by atoms with van der Waals surface area (Å²) in [5.41, 5.74) is 2.03. The molecule has 2 aromatic rings. The van der Waals surface area contributed by atoms with Gasteiger partial charge in [-0.15, -0.1) is 0 Å². The monoisotopic (exact) mass is 364 g/mol. The number of ketones is 1. The summed E-state index contributed by atoms with van der Waals surface area (Å²) in [5, 5.41) is 12.0. The number of nitrogens with zero attached hydrogens (tertiary/aromatic N) is 2. The molecule has 1 aliphatic rings. The van der Waals surface area contributed by atoms with Crippen molar-refractivity contribution >= 4 is 33.3 Å². The fourth-order valence-electron chi connectivity index (χ4n) is 2.64. The van der Waals surface area contributed by atoms with Gasteiger partial charge in [0, 0.05) is 24.2 Å². The quantitative estimate of drug-likeness (QED) is 0.348. The number of carbonyl (C=O) groups is 1. The van der Waals surface area contributed by atoms with E-state index in [1.54, 1.807) is 36.4 Å². The first-order valence-corrected chi connectivity index (χ1v) is 10.1. The molecular formula is C16H16N2O4S2. The highest BCUT2D eigenvalue weighted by Gasteiger charge is 2.26. The largest absolute Gasteiger partial charge is 0.618 e. The topological polar surface area (TPSA) is 81.4 Å². The number of hydrogen-bond donors (Lipinski definition) is 0. The number of benzene rings is 1. The molecule has 0 bridgehead atoms. The van der Waals surface area contributed by atoms with E-state index in [1.807, 2.05) is 0 Å². The van der Waals surface area contributed by atoms with E-state index >= 15 is 0 Å². The Morgan fingerprint density at radius 1 is 1.33 bits per heavy atom. The molecule has 0 atom stereocenters. The number of rotatable bonds is 5. The predicted molar refractivity (Wildman–Crippen MR) is 92.8 cm³/mol. The van der Waals surface area contributed by atoms with Crippen molar-refractivity contribution < 1.29 is 17.9 Å². The highest BCUT2D eigenvalue weighted by atomic mass is 32.2. The standard InChI is InChI=1S/C16H16N2O4S2/c1-24(21,22)18-9-7-12-10-13(5-6-14(12)18)15(19)11-23-16-4-2-3-8-17(16)20/h2-6,8,10H,7,9,11H2,1H3. The number of anilines is 1. The lowest BCUT2D eigenvalue weighted by atomic mass is 10.1. The van der Waals surface area contributed by atoms with E-state index in [9.17, 15) is 18.4 Å². The van der Waals surface area contributed by atoms with E-state index in [4.69, 9.17) is 0 Å². The Kier molecular flexibility index (Phi) is 4.51. The average Bonchev–Trinajstić information content (AvgIpc) is 2.97. The zero-order valence-electron chi connectivity index (χ0n) is 13.0. The third-order valence-electron chi connectivity index (χ3n) is 3.79. The second-order valence-electron chi connectivity index (χ2n) is 5.51. The number of pyridine rings is 1. The van der Waals surface area contributed by atoms with Crippen LogP contribution >= 0.6 is 11.8 Å². The molecule has 0 N–H and O–H groups in total. The Morgan fingerprint density at radius 3 is 2.83 bits per heavy atom. The maximum absolute atomic E-state index is 12.3. The minimum Gasteiger partial charge on any atom is -0.618 e. The van der Waals surface area contributed by atoms with Crippen molar-refractivity contribution in [3.05, 3.63) is 58.9 Å². The van der Waals surface area contributed by atoms with Crippen molar-refractivity contribution in [1.29, 1.82) is 0 Å². The third-order valence-corrected chi connectivity index (χ3v) is 5.99. The lowest BCUT2D eigenvalue weighted by Gasteiger charge is -2.16. The van der Waals surface area contributed by atoms with Crippen molar-refractivity contribution in [3.8, 4) is 0 Å². The van der Waals surface area contributed by atoms with E-state index < -0.39 is 10.0 Å². The summed E-state index contributed by atoms with van der Waals surface area (Å²) in [4.78, 5) is 12.3. The zero-order chi connectivity index (χ0) is 17.3. The fraction of sp³-hybridized carbons (Fsp3) is 0.250. The molecule has 0 spiro atoms. The summed E-state index contributed by atoms with van der Waals surface area (Å²) < 4.78 is 25.5. The van der Waals surface area contributed by atoms with Crippen molar-refractivity contribution in [2.45, 2.75) is 11.4 Å². The number of sulfonamides is 1. The summed E-state index contributed by atoms with van der Waals surface area (Å²) in [6.45, 7) is 0.404. The van der Waals surface area contributed by atoms with Crippen molar-refractivity contribution in [2.75, 3.05) is 22.9 Å². The molecular weight excluding hydrogens is 348 g/mol. The SMILES string of the molecule is CS(=O)(=O)N1CCc2cc(C(=O)CSc3cccc[n+]3[O-])ccc21. The number of carbonyl (C=O) groups excluding carboxylic acids is 1. The van der Waals surface area contributed by atoms with Gasteiger partial charge in [-0.25, -0.2) is 8.42 Å². The van der Waals surface area contributed by atoms with Crippen LogP contribution in [0.5, 0.6) is 0 Å². The van der Waals surface area contributed by atoms with Crippen LogP contribution in [0.25, 0.3) is 0 Å². The van der Waals surface area contributed by atoms with E-state index in [0.717, 1.165) is 10.3 Å². The van der Waals surface area contributed by atoms with Crippen molar-refractivity contribution in [2.24, 2.45) is 0 Å². The van der Waals surface area contributed by atoms with Crippen LogP contribution in [0.3, 0.4) is 0 Å². The van der Waals surface area contributed by atoms with Gasteiger partial charge in [-0.3, -0.25) is 9.10 Å². The van der Waals surface area contributed by atoms with Gasteiger partial charge in [0.1, 0.15) is 0 Å². The Labute approximate surface area is 144 Å². The molecule has 2 heterocycles. The number of fused-ring (bicyclic) bond motifs is 1. The lowest BCUT2D eigenvalue weighted by molar-refractivity contribution is -0.645. The second-order valence-corrected chi connectivity index (χ2v) is 8.41. The molecule has 1 aromatic heterocycles. The Bertz CT molecular complexity index is 897. The van der Waals surface area contributed by atoms with Crippen LogP contribution in [0.2, 0.25) is 0 Å². The highest BCUT2D eigenvalue weighted by Crippen LogP contribution is 2.31. The van der Waals surface area contributed by atoms with Gasteiger partial charge in [0.2, 0.25) is 10.0 Å². The van der Waals surface area contributed by atoms with Gasteiger partial charge < -0.3 is 5.21 Å². The fourth-order valence-corrected chi connectivity index (χ4v) is 4.40.